The number of amides is 1. The van der Waals surface area contributed by atoms with Gasteiger partial charge in [-0.05, 0) is 12.1 Å². The van der Waals surface area contributed by atoms with Gasteiger partial charge in [-0.15, -0.1) is 11.3 Å². The molecule has 0 bridgehead atoms. The van der Waals surface area contributed by atoms with Crippen molar-refractivity contribution < 1.29 is 9.90 Å². The number of rotatable bonds is 4. The summed E-state index contributed by atoms with van der Waals surface area (Å²) in [7, 11) is 0. The molecule has 0 spiro atoms. The second kappa shape index (κ2) is 6.62. The van der Waals surface area contributed by atoms with Crippen LogP contribution in [0.25, 0.3) is 10.6 Å². The average Bonchev–Trinajstić information content (AvgIpc) is 3.32. The van der Waals surface area contributed by atoms with Gasteiger partial charge in [-0.25, -0.2) is 15.1 Å². The molecule has 0 saturated heterocycles. The molecular formula is C16H11ClN6O2S. The number of fused-ring (bicyclic) bond motifs is 1. The SMILES string of the molecule is O=C(N/N=C/c1c(Cl)nc2sccn12)c1nn(-c2ccccc2)cc1O. The molecule has 4 rings (SSSR count). The van der Waals surface area contributed by atoms with Crippen LogP contribution in [0.4, 0.5) is 0 Å². The summed E-state index contributed by atoms with van der Waals surface area (Å²) < 4.78 is 3.17. The van der Waals surface area contributed by atoms with Gasteiger partial charge < -0.3 is 5.11 Å². The zero-order valence-corrected chi connectivity index (χ0v) is 14.6. The molecule has 0 saturated carbocycles. The van der Waals surface area contributed by atoms with Crippen LogP contribution in [-0.2, 0) is 0 Å². The molecule has 0 unspecified atom stereocenters. The second-order valence-corrected chi connectivity index (χ2v) is 6.42. The number of thiazole rings is 1. The lowest BCUT2D eigenvalue weighted by Gasteiger charge is -1.99. The Hall–Kier alpha value is -3.17. The number of halogens is 1. The summed E-state index contributed by atoms with van der Waals surface area (Å²) in [5.74, 6) is -0.889. The second-order valence-electron chi connectivity index (χ2n) is 5.19. The van der Waals surface area contributed by atoms with Crippen molar-refractivity contribution in [2.45, 2.75) is 0 Å². The van der Waals surface area contributed by atoms with Crippen LogP contribution in [0.15, 0.2) is 53.2 Å². The third-order valence-electron chi connectivity index (χ3n) is 3.54. The van der Waals surface area contributed by atoms with Gasteiger partial charge in [-0.1, -0.05) is 29.8 Å². The van der Waals surface area contributed by atoms with E-state index in [0.29, 0.717) is 5.69 Å². The Bertz CT molecular complexity index is 1110. The van der Waals surface area contributed by atoms with E-state index < -0.39 is 5.91 Å². The first kappa shape index (κ1) is 16.3. The van der Waals surface area contributed by atoms with Crippen LogP contribution >= 0.6 is 22.9 Å². The zero-order valence-electron chi connectivity index (χ0n) is 13.1. The predicted molar refractivity (Wildman–Crippen MR) is 98.4 cm³/mol. The number of aromatic hydroxyl groups is 1. The zero-order chi connectivity index (χ0) is 18.1. The number of carbonyl (C=O) groups is 1. The lowest BCUT2D eigenvalue weighted by atomic mass is 10.3. The lowest BCUT2D eigenvalue weighted by molar-refractivity contribution is 0.0947. The van der Waals surface area contributed by atoms with E-state index in [-0.39, 0.29) is 16.6 Å². The molecule has 0 aliphatic rings. The standard InChI is InChI=1S/C16H11ClN6O2S/c17-14-11(22-6-7-26-16(22)19-14)8-18-20-15(25)13-12(24)9-23(21-13)10-4-2-1-3-5-10/h1-9,24H,(H,20,25)/b18-8+. The van der Waals surface area contributed by atoms with Crippen molar-refractivity contribution >= 4 is 40.0 Å². The number of benzene rings is 1. The Morgan fingerprint density at radius 3 is 2.96 bits per heavy atom. The summed E-state index contributed by atoms with van der Waals surface area (Å²) in [6.07, 6.45) is 4.55. The molecule has 26 heavy (non-hydrogen) atoms. The predicted octanol–water partition coefficient (Wildman–Crippen LogP) is 2.70. The number of carbonyl (C=O) groups excluding carboxylic acids is 1. The van der Waals surface area contributed by atoms with Gasteiger partial charge in [-0.3, -0.25) is 9.20 Å². The highest BCUT2D eigenvalue weighted by Gasteiger charge is 2.17. The van der Waals surface area contributed by atoms with Crippen molar-refractivity contribution in [3.05, 3.63) is 64.6 Å². The summed E-state index contributed by atoms with van der Waals surface area (Å²) in [6.45, 7) is 0. The van der Waals surface area contributed by atoms with E-state index in [2.05, 4.69) is 20.6 Å². The number of hydrazone groups is 1. The largest absolute Gasteiger partial charge is 0.504 e. The molecular weight excluding hydrogens is 376 g/mol. The van der Waals surface area contributed by atoms with Crippen LogP contribution in [0.2, 0.25) is 5.15 Å². The molecule has 0 atom stereocenters. The highest BCUT2D eigenvalue weighted by molar-refractivity contribution is 7.15. The number of aromatic nitrogens is 4. The molecule has 2 N–H and O–H groups in total. The Kier molecular flexibility index (Phi) is 4.15. The van der Waals surface area contributed by atoms with Gasteiger partial charge in [0, 0.05) is 11.6 Å². The molecule has 1 aromatic carbocycles. The Morgan fingerprint density at radius 1 is 1.35 bits per heavy atom. The van der Waals surface area contributed by atoms with E-state index in [1.165, 1.54) is 28.4 Å². The van der Waals surface area contributed by atoms with E-state index in [0.717, 1.165) is 10.6 Å². The molecule has 1 amide bonds. The van der Waals surface area contributed by atoms with Crippen LogP contribution in [0.5, 0.6) is 5.75 Å². The number of hydrogen-bond acceptors (Lipinski definition) is 6. The van der Waals surface area contributed by atoms with Crippen molar-refractivity contribution in [2.75, 3.05) is 0 Å². The summed E-state index contributed by atoms with van der Waals surface area (Å²) in [4.78, 5) is 17.1. The number of hydrogen-bond donors (Lipinski definition) is 2. The third kappa shape index (κ3) is 2.93. The van der Waals surface area contributed by atoms with Crippen molar-refractivity contribution in [3.8, 4) is 11.4 Å². The van der Waals surface area contributed by atoms with Gasteiger partial charge in [-0.2, -0.15) is 10.2 Å². The topological polar surface area (TPSA) is 96.8 Å². The Labute approximate surface area is 156 Å². The maximum Gasteiger partial charge on any atom is 0.295 e. The first-order valence-electron chi connectivity index (χ1n) is 7.42. The van der Waals surface area contributed by atoms with Crippen molar-refractivity contribution in [1.82, 2.24) is 24.6 Å². The molecule has 0 fully saturated rings. The monoisotopic (exact) mass is 386 g/mol. The van der Waals surface area contributed by atoms with Crippen LogP contribution < -0.4 is 5.43 Å². The van der Waals surface area contributed by atoms with Gasteiger partial charge in [0.1, 0.15) is 5.69 Å². The first-order chi connectivity index (χ1) is 12.6. The number of nitrogens with zero attached hydrogens (tertiary/aromatic N) is 5. The summed E-state index contributed by atoms with van der Waals surface area (Å²) >= 11 is 7.49. The molecule has 3 heterocycles. The minimum atomic E-state index is -0.643. The van der Waals surface area contributed by atoms with Gasteiger partial charge in [0.15, 0.2) is 21.6 Å². The van der Waals surface area contributed by atoms with Crippen molar-refractivity contribution in [2.24, 2.45) is 5.10 Å². The van der Waals surface area contributed by atoms with E-state index >= 15 is 0 Å². The van der Waals surface area contributed by atoms with E-state index in [9.17, 15) is 9.90 Å². The maximum atomic E-state index is 12.2. The smallest absolute Gasteiger partial charge is 0.295 e. The van der Waals surface area contributed by atoms with E-state index in [4.69, 9.17) is 11.6 Å². The quantitative estimate of drug-likeness (QED) is 0.416. The molecule has 8 nitrogen and oxygen atoms in total. The fourth-order valence-electron chi connectivity index (χ4n) is 2.34. The van der Waals surface area contributed by atoms with Crippen LogP contribution in [0.3, 0.4) is 0 Å². The minimum Gasteiger partial charge on any atom is -0.504 e. The maximum absolute atomic E-state index is 12.2. The number of nitrogens with one attached hydrogen (secondary N) is 1. The van der Waals surface area contributed by atoms with E-state index in [1.807, 2.05) is 23.6 Å². The molecule has 10 heteroatoms. The van der Waals surface area contributed by atoms with Crippen LogP contribution in [-0.4, -0.2) is 36.4 Å². The summed E-state index contributed by atoms with van der Waals surface area (Å²) in [5.41, 5.74) is 3.45. The minimum absolute atomic E-state index is 0.133. The Balaban J connectivity index is 1.53. The number of imidazole rings is 1. The molecule has 3 aromatic heterocycles. The van der Waals surface area contributed by atoms with Gasteiger partial charge in [0.2, 0.25) is 0 Å². The average molecular weight is 387 g/mol. The molecule has 130 valence electrons. The molecule has 0 radical (unpaired) electrons. The van der Waals surface area contributed by atoms with Gasteiger partial charge >= 0.3 is 0 Å². The molecule has 4 aromatic rings. The third-order valence-corrected chi connectivity index (χ3v) is 4.57. The lowest BCUT2D eigenvalue weighted by Crippen LogP contribution is -2.19. The summed E-state index contributed by atoms with van der Waals surface area (Å²) in [6, 6.07) is 9.14. The summed E-state index contributed by atoms with van der Waals surface area (Å²) in [5, 5.41) is 20.1. The fourth-order valence-corrected chi connectivity index (χ4v) is 3.33. The first-order valence-corrected chi connectivity index (χ1v) is 8.68. The van der Waals surface area contributed by atoms with Gasteiger partial charge in [0.25, 0.3) is 5.91 Å². The van der Waals surface area contributed by atoms with Crippen molar-refractivity contribution in [1.29, 1.82) is 0 Å². The number of para-hydroxylation sites is 1. The normalized spacial score (nSPS) is 11.4. The highest BCUT2D eigenvalue weighted by Crippen LogP contribution is 2.20. The van der Waals surface area contributed by atoms with Crippen LogP contribution in [0, 0.1) is 0 Å². The highest BCUT2D eigenvalue weighted by atomic mass is 35.5. The van der Waals surface area contributed by atoms with E-state index in [1.54, 1.807) is 22.7 Å². The van der Waals surface area contributed by atoms with Gasteiger partial charge in [0.05, 0.1) is 18.1 Å². The van der Waals surface area contributed by atoms with Crippen LogP contribution in [0.1, 0.15) is 16.2 Å². The molecule has 0 aliphatic heterocycles. The van der Waals surface area contributed by atoms with Crippen molar-refractivity contribution in [3.63, 3.8) is 0 Å². The fraction of sp³-hybridized carbons (Fsp3) is 0. The molecule has 0 aliphatic carbocycles. The Morgan fingerprint density at radius 2 is 2.15 bits per heavy atom.